The van der Waals surface area contributed by atoms with E-state index in [1.54, 1.807) is 0 Å². The van der Waals surface area contributed by atoms with E-state index in [2.05, 4.69) is 25.3 Å². The van der Waals surface area contributed by atoms with Crippen molar-refractivity contribution in [2.24, 2.45) is 0 Å². The molecule has 0 spiro atoms. The maximum atomic E-state index is 5.54. The van der Waals surface area contributed by atoms with Crippen molar-refractivity contribution < 1.29 is 4.74 Å². The molecule has 0 fully saturated rings. The van der Waals surface area contributed by atoms with Gasteiger partial charge in [0.1, 0.15) is 0 Å². The first-order valence-electron chi connectivity index (χ1n) is 5.22. The average Bonchev–Trinajstić information content (AvgIpc) is 2.26. The molecule has 0 atom stereocenters. The fourth-order valence-corrected chi connectivity index (χ4v) is 1.29. The first-order chi connectivity index (χ1) is 7.33. The van der Waals surface area contributed by atoms with Crippen LogP contribution in [0.1, 0.15) is 18.4 Å². The number of hydrogen-bond acceptors (Lipinski definition) is 1. The maximum Gasteiger partial charge on any atom is 0.0717 e. The summed E-state index contributed by atoms with van der Waals surface area (Å²) >= 11 is 0. The molecule has 0 N–H and O–H groups in total. The van der Waals surface area contributed by atoms with Gasteiger partial charge in [-0.15, -0.1) is 6.58 Å². The van der Waals surface area contributed by atoms with Crippen LogP contribution in [0.15, 0.2) is 55.1 Å². The Morgan fingerprint density at radius 3 is 2.67 bits per heavy atom. The van der Waals surface area contributed by atoms with Crippen molar-refractivity contribution in [3.05, 3.63) is 60.7 Å². The molecule has 1 aromatic carbocycles. The standard InChI is InChI=1S/C14H18O/c1-3-7-13(2)10-11-15-12-14-8-5-4-6-9-14/h3-6,8-9H,1-2,7,10-12H2. The van der Waals surface area contributed by atoms with Gasteiger partial charge >= 0.3 is 0 Å². The van der Waals surface area contributed by atoms with Gasteiger partial charge in [-0.1, -0.05) is 48.6 Å². The van der Waals surface area contributed by atoms with Crippen molar-refractivity contribution in [3.8, 4) is 0 Å². The van der Waals surface area contributed by atoms with Gasteiger partial charge in [0.05, 0.1) is 13.2 Å². The van der Waals surface area contributed by atoms with Crippen molar-refractivity contribution >= 4 is 0 Å². The van der Waals surface area contributed by atoms with E-state index in [0.717, 1.165) is 19.4 Å². The van der Waals surface area contributed by atoms with Crippen molar-refractivity contribution in [2.45, 2.75) is 19.4 Å². The molecule has 1 rings (SSSR count). The lowest BCUT2D eigenvalue weighted by atomic mass is 10.1. The Morgan fingerprint density at radius 2 is 2.00 bits per heavy atom. The Hall–Kier alpha value is -1.34. The van der Waals surface area contributed by atoms with Crippen LogP contribution in [0.25, 0.3) is 0 Å². The van der Waals surface area contributed by atoms with Crippen LogP contribution in [0.2, 0.25) is 0 Å². The maximum absolute atomic E-state index is 5.54. The molecule has 1 heteroatoms. The molecule has 0 radical (unpaired) electrons. The van der Waals surface area contributed by atoms with Crippen molar-refractivity contribution in [3.63, 3.8) is 0 Å². The summed E-state index contributed by atoms with van der Waals surface area (Å²) in [7, 11) is 0. The zero-order valence-corrected chi connectivity index (χ0v) is 9.11. The van der Waals surface area contributed by atoms with Gasteiger partial charge in [0.2, 0.25) is 0 Å². The second-order valence-corrected chi connectivity index (χ2v) is 3.53. The molecule has 0 aliphatic rings. The number of ether oxygens (including phenoxy) is 1. The monoisotopic (exact) mass is 202 g/mol. The number of hydrogen-bond donors (Lipinski definition) is 0. The Kier molecular flexibility index (Phi) is 5.49. The number of benzene rings is 1. The van der Waals surface area contributed by atoms with Crippen molar-refractivity contribution in [1.82, 2.24) is 0 Å². The average molecular weight is 202 g/mol. The molecule has 80 valence electrons. The van der Waals surface area contributed by atoms with Gasteiger partial charge in [0, 0.05) is 0 Å². The smallest absolute Gasteiger partial charge is 0.0717 e. The third-order valence-electron chi connectivity index (χ3n) is 2.14. The minimum atomic E-state index is 0.683. The summed E-state index contributed by atoms with van der Waals surface area (Å²) in [6.07, 6.45) is 3.67. The first-order valence-corrected chi connectivity index (χ1v) is 5.22. The van der Waals surface area contributed by atoms with E-state index in [1.165, 1.54) is 11.1 Å². The van der Waals surface area contributed by atoms with E-state index in [-0.39, 0.29) is 0 Å². The van der Waals surface area contributed by atoms with Gasteiger partial charge in [-0.25, -0.2) is 0 Å². The summed E-state index contributed by atoms with van der Waals surface area (Å²) in [6, 6.07) is 10.2. The van der Waals surface area contributed by atoms with E-state index in [4.69, 9.17) is 4.74 Å². The summed E-state index contributed by atoms with van der Waals surface area (Å²) in [5.74, 6) is 0. The third kappa shape index (κ3) is 5.18. The Balaban J connectivity index is 2.12. The van der Waals surface area contributed by atoms with E-state index in [1.807, 2.05) is 24.3 Å². The third-order valence-corrected chi connectivity index (χ3v) is 2.14. The van der Waals surface area contributed by atoms with Crippen LogP contribution in [-0.4, -0.2) is 6.61 Å². The molecule has 1 nitrogen and oxygen atoms in total. The van der Waals surface area contributed by atoms with Crippen molar-refractivity contribution in [2.75, 3.05) is 6.61 Å². The molecule has 1 aromatic rings. The quantitative estimate of drug-likeness (QED) is 0.483. The molecule has 0 bridgehead atoms. The van der Waals surface area contributed by atoms with Gasteiger partial charge in [0.25, 0.3) is 0 Å². The fourth-order valence-electron chi connectivity index (χ4n) is 1.29. The Bertz CT molecular complexity index is 300. The molecule has 0 saturated carbocycles. The highest BCUT2D eigenvalue weighted by Gasteiger charge is 1.94. The first kappa shape index (κ1) is 11.7. The van der Waals surface area contributed by atoms with Gasteiger partial charge in [-0.3, -0.25) is 0 Å². The molecule has 0 aliphatic carbocycles. The summed E-state index contributed by atoms with van der Waals surface area (Å²) in [4.78, 5) is 0. The normalized spacial score (nSPS) is 9.87. The molecule has 0 saturated heterocycles. The SMILES string of the molecule is C=CCC(=C)CCOCc1ccccc1. The van der Waals surface area contributed by atoms with E-state index < -0.39 is 0 Å². The lowest BCUT2D eigenvalue weighted by molar-refractivity contribution is 0.123. The van der Waals surface area contributed by atoms with Gasteiger partial charge in [0.15, 0.2) is 0 Å². The highest BCUT2D eigenvalue weighted by molar-refractivity contribution is 5.13. The van der Waals surface area contributed by atoms with Crippen LogP contribution in [-0.2, 0) is 11.3 Å². The minimum Gasteiger partial charge on any atom is -0.376 e. The van der Waals surface area contributed by atoms with Crippen LogP contribution in [0.4, 0.5) is 0 Å². The van der Waals surface area contributed by atoms with Crippen molar-refractivity contribution in [1.29, 1.82) is 0 Å². The topological polar surface area (TPSA) is 9.23 Å². The lowest BCUT2D eigenvalue weighted by Gasteiger charge is -2.05. The van der Waals surface area contributed by atoms with Crippen LogP contribution in [0.3, 0.4) is 0 Å². The highest BCUT2D eigenvalue weighted by Crippen LogP contribution is 2.06. The highest BCUT2D eigenvalue weighted by atomic mass is 16.5. The molecular weight excluding hydrogens is 184 g/mol. The van der Waals surface area contributed by atoms with Gasteiger partial charge in [-0.2, -0.15) is 0 Å². The van der Waals surface area contributed by atoms with Crippen LogP contribution in [0.5, 0.6) is 0 Å². The number of rotatable bonds is 7. The largest absolute Gasteiger partial charge is 0.376 e. The molecule has 0 unspecified atom stereocenters. The molecule has 15 heavy (non-hydrogen) atoms. The van der Waals surface area contributed by atoms with Crippen LogP contribution < -0.4 is 0 Å². The molecule has 0 heterocycles. The zero-order chi connectivity index (χ0) is 10.9. The Labute approximate surface area is 92.1 Å². The van der Waals surface area contributed by atoms with Crippen LogP contribution >= 0.6 is 0 Å². The van der Waals surface area contributed by atoms with Gasteiger partial charge in [-0.05, 0) is 18.4 Å². The minimum absolute atomic E-state index is 0.683. The second kappa shape index (κ2) is 7.02. The molecule has 0 aliphatic heterocycles. The van der Waals surface area contributed by atoms with E-state index in [0.29, 0.717) is 6.61 Å². The van der Waals surface area contributed by atoms with E-state index in [9.17, 15) is 0 Å². The predicted octanol–water partition coefficient (Wildman–Crippen LogP) is 3.73. The summed E-state index contributed by atoms with van der Waals surface area (Å²) in [6.45, 7) is 9.03. The predicted molar refractivity (Wildman–Crippen MR) is 64.7 cm³/mol. The lowest BCUT2D eigenvalue weighted by Crippen LogP contribution is -1.96. The fraction of sp³-hybridized carbons (Fsp3) is 0.286. The Morgan fingerprint density at radius 1 is 1.27 bits per heavy atom. The summed E-state index contributed by atoms with van der Waals surface area (Å²) < 4.78 is 5.54. The van der Waals surface area contributed by atoms with E-state index >= 15 is 0 Å². The number of allylic oxidation sites excluding steroid dienone is 1. The summed E-state index contributed by atoms with van der Waals surface area (Å²) in [5, 5.41) is 0. The summed E-state index contributed by atoms with van der Waals surface area (Å²) in [5.41, 5.74) is 2.39. The van der Waals surface area contributed by atoms with Gasteiger partial charge < -0.3 is 4.74 Å². The molecule has 0 aromatic heterocycles. The molecular formula is C14H18O. The zero-order valence-electron chi connectivity index (χ0n) is 9.11. The van der Waals surface area contributed by atoms with Crippen LogP contribution in [0, 0.1) is 0 Å². The second-order valence-electron chi connectivity index (χ2n) is 3.53. The molecule has 0 amide bonds.